The summed E-state index contributed by atoms with van der Waals surface area (Å²) in [5, 5.41) is 7.12. The van der Waals surface area contributed by atoms with E-state index in [1.807, 2.05) is 24.5 Å². The Morgan fingerprint density at radius 2 is 2.04 bits per heavy atom. The molecule has 1 N–H and O–H groups in total. The summed E-state index contributed by atoms with van der Waals surface area (Å²) in [5.41, 5.74) is 1.70. The van der Waals surface area contributed by atoms with Crippen LogP contribution >= 0.6 is 0 Å². The van der Waals surface area contributed by atoms with Crippen molar-refractivity contribution in [2.24, 2.45) is 13.0 Å². The number of rotatable bonds is 5. The van der Waals surface area contributed by atoms with Gasteiger partial charge in [0.2, 0.25) is 5.88 Å². The molecule has 0 spiro atoms. The smallest absolute Gasteiger partial charge is 0.258 e. The minimum atomic E-state index is -0.128. The Bertz CT molecular complexity index is 678. The van der Waals surface area contributed by atoms with Crippen LogP contribution in [0.1, 0.15) is 23.2 Å². The van der Waals surface area contributed by atoms with Crippen LogP contribution in [0, 0.1) is 5.92 Å². The largest absolute Gasteiger partial charge is 0.479 e. The third-order valence-corrected chi connectivity index (χ3v) is 4.43. The van der Waals surface area contributed by atoms with Crippen molar-refractivity contribution >= 4 is 11.6 Å². The molecule has 1 amide bonds. The van der Waals surface area contributed by atoms with Gasteiger partial charge in [0, 0.05) is 51.0 Å². The van der Waals surface area contributed by atoms with Crippen molar-refractivity contribution < 1.29 is 9.53 Å². The lowest BCUT2D eigenvalue weighted by Gasteiger charge is -2.33. The quantitative estimate of drug-likeness (QED) is 0.899. The lowest BCUT2D eigenvalue weighted by atomic mass is 9.96. The van der Waals surface area contributed by atoms with Crippen LogP contribution in [0.15, 0.2) is 30.7 Å². The van der Waals surface area contributed by atoms with Crippen molar-refractivity contribution in [3.63, 3.8) is 0 Å². The minimum Gasteiger partial charge on any atom is -0.479 e. The Labute approximate surface area is 141 Å². The van der Waals surface area contributed by atoms with E-state index >= 15 is 0 Å². The van der Waals surface area contributed by atoms with Crippen molar-refractivity contribution in [3.8, 4) is 5.88 Å². The zero-order valence-electron chi connectivity index (χ0n) is 14.1. The normalized spacial score (nSPS) is 15.3. The van der Waals surface area contributed by atoms with Gasteiger partial charge in [-0.05, 0) is 30.9 Å². The molecule has 1 fully saturated rings. The van der Waals surface area contributed by atoms with Crippen LogP contribution in [0.4, 0.5) is 5.69 Å². The highest BCUT2D eigenvalue weighted by molar-refractivity contribution is 5.96. The molecule has 2 aromatic heterocycles. The molecule has 3 heterocycles. The summed E-state index contributed by atoms with van der Waals surface area (Å²) in [6.07, 6.45) is 7.45. The summed E-state index contributed by atoms with van der Waals surface area (Å²) >= 11 is 0. The summed E-state index contributed by atoms with van der Waals surface area (Å²) in [6, 6.07) is 4.08. The fourth-order valence-corrected chi connectivity index (χ4v) is 3.06. The van der Waals surface area contributed by atoms with Crippen LogP contribution in [0.5, 0.6) is 5.88 Å². The molecule has 0 bridgehead atoms. The molecule has 24 heavy (non-hydrogen) atoms. The first kappa shape index (κ1) is 16.3. The number of carbonyl (C=O) groups is 1. The number of nitrogens with one attached hydrogen (secondary N) is 1. The van der Waals surface area contributed by atoms with Gasteiger partial charge in [0.1, 0.15) is 5.56 Å². The number of nitrogens with zero attached hydrogens (tertiary/aromatic N) is 4. The van der Waals surface area contributed by atoms with Crippen molar-refractivity contribution in [2.75, 3.05) is 31.6 Å². The standard InChI is InChI=1S/C17H23N5O2/c1-21-12-15(17(20-21)24-2)16(23)19-11-13-5-9-22(10-6-13)14-3-7-18-8-4-14/h3-4,7-8,12-13H,5-6,9-11H2,1-2H3,(H,19,23). The highest BCUT2D eigenvalue weighted by Crippen LogP contribution is 2.22. The fourth-order valence-electron chi connectivity index (χ4n) is 3.06. The van der Waals surface area contributed by atoms with Gasteiger partial charge in [-0.25, -0.2) is 0 Å². The van der Waals surface area contributed by atoms with E-state index in [4.69, 9.17) is 4.74 Å². The van der Waals surface area contributed by atoms with Gasteiger partial charge in [-0.2, -0.15) is 0 Å². The molecule has 0 unspecified atom stereocenters. The minimum absolute atomic E-state index is 0.128. The summed E-state index contributed by atoms with van der Waals surface area (Å²) in [5.74, 6) is 0.730. The van der Waals surface area contributed by atoms with Gasteiger partial charge in [-0.3, -0.25) is 14.5 Å². The number of methoxy groups -OCH3 is 1. The Hall–Kier alpha value is -2.57. The molecular weight excluding hydrogens is 306 g/mol. The Morgan fingerprint density at radius 3 is 2.71 bits per heavy atom. The molecule has 0 aliphatic carbocycles. The Kier molecular flexibility index (Phi) is 4.98. The summed E-state index contributed by atoms with van der Waals surface area (Å²) in [7, 11) is 3.29. The van der Waals surface area contributed by atoms with Crippen LogP contribution in [0.3, 0.4) is 0 Å². The van der Waals surface area contributed by atoms with Gasteiger partial charge in [0.05, 0.1) is 7.11 Å². The number of anilines is 1. The predicted octanol–water partition coefficient (Wildman–Crippen LogP) is 1.47. The number of carbonyl (C=O) groups excluding carboxylic acids is 1. The summed E-state index contributed by atoms with van der Waals surface area (Å²) in [4.78, 5) is 18.7. The molecule has 7 nitrogen and oxygen atoms in total. The van der Waals surface area contributed by atoms with E-state index in [-0.39, 0.29) is 5.91 Å². The molecule has 3 rings (SSSR count). The topological polar surface area (TPSA) is 72.3 Å². The molecule has 0 atom stereocenters. The Morgan fingerprint density at radius 1 is 1.33 bits per heavy atom. The van der Waals surface area contributed by atoms with Crippen LogP contribution in [-0.4, -0.2) is 47.4 Å². The monoisotopic (exact) mass is 329 g/mol. The van der Waals surface area contributed by atoms with E-state index in [0.29, 0.717) is 23.9 Å². The van der Waals surface area contributed by atoms with Crippen molar-refractivity contribution in [1.82, 2.24) is 20.1 Å². The number of ether oxygens (including phenoxy) is 1. The molecule has 1 aliphatic heterocycles. The summed E-state index contributed by atoms with van der Waals surface area (Å²) in [6.45, 7) is 2.68. The number of piperidine rings is 1. The van der Waals surface area contributed by atoms with Crippen LogP contribution in [-0.2, 0) is 7.05 Å². The van der Waals surface area contributed by atoms with Gasteiger partial charge in [-0.15, -0.1) is 5.10 Å². The number of hydrogen-bond acceptors (Lipinski definition) is 5. The zero-order chi connectivity index (χ0) is 16.9. The Balaban J connectivity index is 1.49. The van der Waals surface area contributed by atoms with Gasteiger partial charge in [-0.1, -0.05) is 0 Å². The maximum absolute atomic E-state index is 12.3. The van der Waals surface area contributed by atoms with Crippen LogP contribution in [0.2, 0.25) is 0 Å². The van der Waals surface area contributed by atoms with Crippen molar-refractivity contribution in [1.29, 1.82) is 0 Å². The van der Waals surface area contributed by atoms with Gasteiger partial charge < -0.3 is 15.0 Å². The first-order valence-electron chi connectivity index (χ1n) is 8.18. The number of aryl methyl sites for hydroxylation is 1. The molecule has 0 aromatic carbocycles. The van der Waals surface area contributed by atoms with E-state index in [1.165, 1.54) is 12.8 Å². The fraction of sp³-hybridized carbons (Fsp3) is 0.471. The highest BCUT2D eigenvalue weighted by Gasteiger charge is 2.21. The number of hydrogen-bond donors (Lipinski definition) is 1. The predicted molar refractivity (Wildman–Crippen MR) is 91.3 cm³/mol. The van der Waals surface area contributed by atoms with Crippen LogP contribution in [0.25, 0.3) is 0 Å². The lowest BCUT2D eigenvalue weighted by Crippen LogP contribution is -2.38. The summed E-state index contributed by atoms with van der Waals surface area (Å²) < 4.78 is 6.72. The van der Waals surface area contributed by atoms with E-state index in [1.54, 1.807) is 17.9 Å². The third-order valence-electron chi connectivity index (χ3n) is 4.43. The molecule has 0 radical (unpaired) electrons. The second-order valence-corrected chi connectivity index (χ2v) is 6.07. The molecule has 1 saturated heterocycles. The van der Waals surface area contributed by atoms with Crippen molar-refractivity contribution in [2.45, 2.75) is 12.8 Å². The van der Waals surface area contributed by atoms with E-state index in [2.05, 4.69) is 20.3 Å². The highest BCUT2D eigenvalue weighted by atomic mass is 16.5. The van der Waals surface area contributed by atoms with Crippen molar-refractivity contribution in [3.05, 3.63) is 36.3 Å². The van der Waals surface area contributed by atoms with Crippen LogP contribution < -0.4 is 15.0 Å². The molecular formula is C17H23N5O2. The maximum atomic E-state index is 12.3. The molecule has 7 heteroatoms. The van der Waals surface area contributed by atoms with E-state index in [0.717, 1.165) is 25.9 Å². The number of amides is 1. The van der Waals surface area contributed by atoms with Gasteiger partial charge >= 0.3 is 0 Å². The number of pyridine rings is 1. The second-order valence-electron chi connectivity index (χ2n) is 6.07. The average molecular weight is 329 g/mol. The first-order chi connectivity index (χ1) is 11.7. The second kappa shape index (κ2) is 7.33. The first-order valence-corrected chi connectivity index (χ1v) is 8.18. The number of aromatic nitrogens is 3. The zero-order valence-corrected chi connectivity index (χ0v) is 14.1. The molecule has 2 aromatic rings. The molecule has 0 saturated carbocycles. The molecule has 128 valence electrons. The molecule has 1 aliphatic rings. The average Bonchev–Trinajstić information content (AvgIpc) is 3.02. The van der Waals surface area contributed by atoms with Gasteiger partial charge in [0.25, 0.3) is 5.91 Å². The lowest BCUT2D eigenvalue weighted by molar-refractivity contribution is 0.0942. The SMILES string of the molecule is COc1nn(C)cc1C(=O)NCC1CCN(c2ccncc2)CC1. The van der Waals surface area contributed by atoms with E-state index < -0.39 is 0 Å². The van der Waals surface area contributed by atoms with E-state index in [9.17, 15) is 4.79 Å². The van der Waals surface area contributed by atoms with Gasteiger partial charge in [0.15, 0.2) is 0 Å². The maximum Gasteiger partial charge on any atom is 0.258 e. The third kappa shape index (κ3) is 3.67.